The molecule has 0 fully saturated rings. The van der Waals surface area contributed by atoms with E-state index in [1.54, 1.807) is 0 Å². The van der Waals surface area contributed by atoms with Crippen LogP contribution in [-0.4, -0.2) is 17.2 Å². The van der Waals surface area contributed by atoms with Gasteiger partial charge in [0.1, 0.15) is 0 Å². The van der Waals surface area contributed by atoms with E-state index in [0.717, 1.165) is 5.69 Å². The molecule has 0 aliphatic heterocycles. The van der Waals surface area contributed by atoms with E-state index in [9.17, 15) is 0 Å². The Morgan fingerprint density at radius 3 is 1.39 bits per heavy atom. The summed E-state index contributed by atoms with van der Waals surface area (Å²) in [6, 6.07) is 85.1. The number of benzene rings is 9. The third-order valence-electron chi connectivity index (χ3n) is 11.9. The number of hydrogen-bond donors (Lipinski definition) is 0. The molecule has 0 amide bonds. The Hall–Kier alpha value is -7.20. The molecule has 2 aromatic heterocycles. The molecule has 2 nitrogen and oxygen atoms in total. The normalized spacial score (nSPS) is 11.9. The van der Waals surface area contributed by atoms with Gasteiger partial charge in [0.25, 0.3) is 0 Å². The summed E-state index contributed by atoms with van der Waals surface area (Å²) in [6.45, 7) is 0. The number of hydrogen-bond acceptors (Lipinski definition) is 0. The molecule has 0 aliphatic carbocycles. The van der Waals surface area contributed by atoms with Gasteiger partial charge in [-0.2, -0.15) is 0 Å². The third kappa shape index (κ3) is 5.10. The molecule has 0 spiro atoms. The quantitative estimate of drug-likeness (QED) is 0.114. The van der Waals surface area contributed by atoms with E-state index >= 15 is 0 Å². The molecular weight excluding hydrogens is 705 g/mol. The average Bonchev–Trinajstić information content (AvgIpc) is 3.82. The Labute approximate surface area is 333 Å². The van der Waals surface area contributed by atoms with E-state index in [1.165, 1.54) is 81.2 Å². The maximum absolute atomic E-state index is 2.75. The number of rotatable bonds is 7. The maximum Gasteiger partial charge on any atom is 0.179 e. The Bertz CT molecular complexity index is 3110. The van der Waals surface area contributed by atoms with Crippen molar-refractivity contribution in [2.75, 3.05) is 0 Å². The van der Waals surface area contributed by atoms with Gasteiger partial charge in [0.05, 0.1) is 27.8 Å². The minimum atomic E-state index is -2.75. The smallest absolute Gasteiger partial charge is 0.179 e. The Balaban J connectivity index is 1.26. The van der Waals surface area contributed by atoms with E-state index in [0.29, 0.717) is 0 Å². The van der Waals surface area contributed by atoms with Gasteiger partial charge in [0, 0.05) is 32.8 Å². The molecule has 2 heterocycles. The van der Waals surface area contributed by atoms with E-state index in [1.807, 2.05) is 0 Å². The van der Waals surface area contributed by atoms with Gasteiger partial charge in [-0.05, 0) is 62.7 Å². The molecule has 9 aromatic carbocycles. The van der Waals surface area contributed by atoms with Crippen LogP contribution in [0.4, 0.5) is 0 Å². The zero-order valence-corrected chi connectivity index (χ0v) is 32.3. The summed E-state index contributed by atoms with van der Waals surface area (Å²) >= 11 is 0. The largest absolute Gasteiger partial charge is 0.309 e. The Morgan fingerprint density at radius 1 is 0.316 bits per heavy atom. The van der Waals surface area contributed by atoms with Crippen LogP contribution in [0.1, 0.15) is 0 Å². The zero-order valence-electron chi connectivity index (χ0n) is 31.3. The van der Waals surface area contributed by atoms with Gasteiger partial charge in [0.2, 0.25) is 0 Å². The zero-order chi connectivity index (χ0) is 37.8. The highest BCUT2D eigenvalue weighted by atomic mass is 28.3. The topological polar surface area (TPSA) is 9.86 Å². The lowest BCUT2D eigenvalue weighted by molar-refractivity contribution is 1.17. The van der Waals surface area contributed by atoms with Gasteiger partial charge in [-0.3, -0.25) is 0 Å². The van der Waals surface area contributed by atoms with Crippen LogP contribution >= 0.6 is 0 Å². The van der Waals surface area contributed by atoms with Crippen LogP contribution in [0.5, 0.6) is 0 Å². The first-order chi connectivity index (χ1) is 28.3. The van der Waals surface area contributed by atoms with Gasteiger partial charge in [-0.15, -0.1) is 0 Å². The molecule has 0 radical (unpaired) electrons. The fraction of sp³-hybridized carbons (Fsp3) is 0. The van der Waals surface area contributed by atoms with Gasteiger partial charge in [-0.1, -0.05) is 194 Å². The van der Waals surface area contributed by atoms with Crippen molar-refractivity contribution in [3.05, 3.63) is 231 Å². The molecule has 0 bridgehead atoms. The molecule has 0 saturated carbocycles. The highest BCUT2D eigenvalue weighted by Crippen LogP contribution is 2.43. The standard InChI is InChI=1S/C54H38N2Si/c1-6-20-39(21-7-1)45-35-37-52(53-47-31-17-19-33-50(47)55(54(45)53)40-22-8-2-9-23-40)56-49-32-18-16-30-46(49)48-38-44(34-36-51(48)56)57(41-24-10-3-11-25-41,42-26-12-4-13-27-42)43-28-14-5-15-29-43/h1-38H. The van der Waals surface area contributed by atoms with Gasteiger partial charge >= 0.3 is 0 Å². The summed E-state index contributed by atoms with van der Waals surface area (Å²) < 4.78 is 4.98. The molecule has 0 aliphatic rings. The molecule has 268 valence electrons. The molecule has 0 saturated heterocycles. The Morgan fingerprint density at radius 2 is 0.789 bits per heavy atom. The third-order valence-corrected chi connectivity index (χ3v) is 16.6. The van der Waals surface area contributed by atoms with Crippen molar-refractivity contribution in [1.29, 1.82) is 0 Å². The maximum atomic E-state index is 2.52. The lowest BCUT2D eigenvalue weighted by Crippen LogP contribution is -2.74. The van der Waals surface area contributed by atoms with Crippen molar-refractivity contribution in [3.63, 3.8) is 0 Å². The minimum Gasteiger partial charge on any atom is -0.309 e. The molecule has 11 rings (SSSR count). The number of aromatic nitrogens is 2. The predicted molar refractivity (Wildman–Crippen MR) is 244 cm³/mol. The summed E-state index contributed by atoms with van der Waals surface area (Å²) in [5, 5.41) is 10.5. The van der Waals surface area contributed by atoms with Crippen LogP contribution in [-0.2, 0) is 0 Å². The summed E-state index contributed by atoms with van der Waals surface area (Å²) in [6.07, 6.45) is 0. The second-order valence-electron chi connectivity index (χ2n) is 14.8. The summed E-state index contributed by atoms with van der Waals surface area (Å²) in [5.74, 6) is 0. The SMILES string of the molecule is c1ccc(-c2ccc(-n3c4ccccc4c4cc([Si](c5ccccc5)(c5ccccc5)c5ccccc5)ccc43)c3c4ccccc4n(-c4ccccc4)c23)cc1. The van der Waals surface area contributed by atoms with Crippen LogP contribution in [0.25, 0.3) is 66.1 Å². The van der Waals surface area contributed by atoms with Crippen LogP contribution < -0.4 is 20.7 Å². The minimum absolute atomic E-state index is 1.15. The van der Waals surface area contributed by atoms with E-state index < -0.39 is 8.07 Å². The van der Waals surface area contributed by atoms with Crippen LogP contribution in [0.15, 0.2) is 231 Å². The van der Waals surface area contributed by atoms with Crippen molar-refractivity contribution in [2.24, 2.45) is 0 Å². The first kappa shape index (κ1) is 33.2. The van der Waals surface area contributed by atoms with E-state index in [-0.39, 0.29) is 0 Å². The average molecular weight is 743 g/mol. The monoisotopic (exact) mass is 742 g/mol. The van der Waals surface area contributed by atoms with Crippen molar-refractivity contribution in [3.8, 4) is 22.5 Å². The van der Waals surface area contributed by atoms with Crippen LogP contribution in [0.2, 0.25) is 0 Å². The number of para-hydroxylation sites is 3. The van der Waals surface area contributed by atoms with Crippen molar-refractivity contribution in [1.82, 2.24) is 9.13 Å². The fourth-order valence-electron chi connectivity index (χ4n) is 9.49. The molecule has 57 heavy (non-hydrogen) atoms. The molecule has 3 heteroatoms. The summed E-state index contributed by atoms with van der Waals surface area (Å²) in [5.41, 5.74) is 9.52. The van der Waals surface area contributed by atoms with Gasteiger partial charge in [-0.25, -0.2) is 0 Å². The molecular formula is C54H38N2Si. The van der Waals surface area contributed by atoms with Crippen molar-refractivity contribution < 1.29 is 0 Å². The lowest BCUT2D eigenvalue weighted by atomic mass is 10.0. The number of nitrogens with zero attached hydrogens (tertiary/aromatic N) is 2. The van der Waals surface area contributed by atoms with Crippen molar-refractivity contribution in [2.45, 2.75) is 0 Å². The summed E-state index contributed by atoms with van der Waals surface area (Å²) in [7, 11) is -2.75. The Kier molecular flexibility index (Phi) is 7.87. The number of fused-ring (bicyclic) bond motifs is 6. The first-order valence-electron chi connectivity index (χ1n) is 19.7. The lowest BCUT2D eigenvalue weighted by Gasteiger charge is -2.34. The summed E-state index contributed by atoms with van der Waals surface area (Å²) in [4.78, 5) is 0. The second-order valence-corrected chi connectivity index (χ2v) is 18.7. The molecule has 0 unspecified atom stereocenters. The molecule has 11 aromatic rings. The van der Waals surface area contributed by atoms with E-state index in [2.05, 4.69) is 240 Å². The van der Waals surface area contributed by atoms with Crippen LogP contribution in [0.3, 0.4) is 0 Å². The highest BCUT2D eigenvalue weighted by molar-refractivity contribution is 7.20. The molecule has 0 atom stereocenters. The van der Waals surface area contributed by atoms with Gasteiger partial charge in [0.15, 0.2) is 8.07 Å². The fourth-order valence-corrected chi connectivity index (χ4v) is 14.3. The first-order valence-corrected chi connectivity index (χ1v) is 21.7. The second kappa shape index (κ2) is 13.5. The van der Waals surface area contributed by atoms with E-state index in [4.69, 9.17) is 0 Å². The predicted octanol–water partition coefficient (Wildman–Crippen LogP) is 10.9. The van der Waals surface area contributed by atoms with Gasteiger partial charge < -0.3 is 9.13 Å². The van der Waals surface area contributed by atoms with Crippen LogP contribution in [0, 0.1) is 0 Å². The highest BCUT2D eigenvalue weighted by Gasteiger charge is 2.41. The molecule has 0 N–H and O–H groups in total. The van der Waals surface area contributed by atoms with Crippen molar-refractivity contribution >= 4 is 72.4 Å².